The highest BCUT2D eigenvalue weighted by molar-refractivity contribution is 6.30. The number of carbonyl (C=O) groups excluding carboxylic acids is 6. The zero-order valence-corrected chi connectivity index (χ0v) is 27.6. The number of rotatable bonds is 12. The van der Waals surface area contributed by atoms with Crippen LogP contribution in [0.2, 0.25) is 0 Å². The van der Waals surface area contributed by atoms with E-state index in [-0.39, 0.29) is 73.0 Å². The maximum atomic E-state index is 13.2. The van der Waals surface area contributed by atoms with Crippen LogP contribution in [0.25, 0.3) is 32.3 Å². The summed E-state index contributed by atoms with van der Waals surface area (Å²) in [7, 11) is 0. The first kappa shape index (κ1) is 35.3. The molecule has 4 aromatic carbocycles. The van der Waals surface area contributed by atoms with Crippen LogP contribution in [0.15, 0.2) is 36.4 Å². The van der Waals surface area contributed by atoms with Crippen LogP contribution >= 0.6 is 0 Å². The van der Waals surface area contributed by atoms with Crippen LogP contribution in [0.5, 0.6) is 0 Å². The molecule has 0 aromatic heterocycles. The predicted molar refractivity (Wildman–Crippen MR) is 175 cm³/mol. The van der Waals surface area contributed by atoms with Crippen molar-refractivity contribution in [2.45, 2.75) is 41.5 Å². The van der Waals surface area contributed by atoms with Gasteiger partial charge in [-0.1, -0.05) is 0 Å². The van der Waals surface area contributed by atoms with Gasteiger partial charge in [-0.15, -0.1) is 0 Å². The lowest BCUT2D eigenvalue weighted by molar-refractivity contribution is 0.0479. The van der Waals surface area contributed by atoms with Gasteiger partial charge in [0.2, 0.25) is 0 Å². The molecule has 252 valence electrons. The summed E-state index contributed by atoms with van der Waals surface area (Å²) in [5.74, 6) is -4.78. The van der Waals surface area contributed by atoms with E-state index < -0.39 is 35.8 Å². The average Bonchev–Trinajstić information content (AvgIpc) is 3.07. The van der Waals surface area contributed by atoms with Gasteiger partial charge in [0.05, 0.1) is 73.0 Å². The van der Waals surface area contributed by atoms with Gasteiger partial charge in [0, 0.05) is 0 Å². The van der Waals surface area contributed by atoms with E-state index in [1.807, 2.05) is 0 Å². The summed E-state index contributed by atoms with van der Waals surface area (Å²) >= 11 is 0. The van der Waals surface area contributed by atoms with Crippen molar-refractivity contribution < 1.29 is 57.2 Å². The van der Waals surface area contributed by atoms with Gasteiger partial charge in [0.25, 0.3) is 0 Å². The molecule has 0 aliphatic carbocycles. The Balaban J connectivity index is 2.33. The van der Waals surface area contributed by atoms with Crippen LogP contribution in [0.1, 0.15) is 104 Å². The number of benzene rings is 4. The van der Waals surface area contributed by atoms with Gasteiger partial charge < -0.3 is 28.4 Å². The van der Waals surface area contributed by atoms with Gasteiger partial charge in [0.1, 0.15) is 0 Å². The molecular formula is C36H36O12. The van der Waals surface area contributed by atoms with Crippen LogP contribution < -0.4 is 0 Å². The smallest absolute Gasteiger partial charge is 0.339 e. The molecule has 0 unspecified atom stereocenters. The number of hydrogen-bond acceptors (Lipinski definition) is 12. The number of carbonyl (C=O) groups is 6. The maximum Gasteiger partial charge on any atom is 0.339 e. The molecule has 0 saturated heterocycles. The minimum Gasteiger partial charge on any atom is -0.462 e. The Labute approximate surface area is 276 Å². The molecule has 0 saturated carbocycles. The molecular weight excluding hydrogens is 624 g/mol. The summed E-state index contributed by atoms with van der Waals surface area (Å²) < 4.78 is 31.6. The Kier molecular flexibility index (Phi) is 11.3. The van der Waals surface area contributed by atoms with E-state index in [0.717, 1.165) is 0 Å². The first-order chi connectivity index (χ1) is 23.1. The monoisotopic (exact) mass is 660 g/mol. The van der Waals surface area contributed by atoms with E-state index >= 15 is 0 Å². The first-order valence-corrected chi connectivity index (χ1v) is 15.6. The van der Waals surface area contributed by atoms with E-state index in [2.05, 4.69) is 0 Å². The quantitative estimate of drug-likeness (QED) is 0.0963. The van der Waals surface area contributed by atoms with E-state index in [1.165, 1.54) is 36.4 Å². The number of ether oxygens (including phenoxy) is 6. The number of fused-ring (bicyclic) bond motifs is 6. The van der Waals surface area contributed by atoms with Crippen molar-refractivity contribution in [2.24, 2.45) is 0 Å². The summed E-state index contributed by atoms with van der Waals surface area (Å²) in [6.45, 7) is 9.83. The van der Waals surface area contributed by atoms with Crippen molar-refractivity contribution >= 4 is 68.1 Å². The molecule has 0 fully saturated rings. The molecule has 0 heterocycles. The third kappa shape index (κ3) is 6.78. The predicted octanol–water partition coefficient (Wildman–Crippen LogP) is 6.21. The molecule has 12 nitrogen and oxygen atoms in total. The molecule has 0 aliphatic heterocycles. The average molecular weight is 661 g/mol. The SMILES string of the molecule is CCOC(=O)c1cc2c3cc(C(=O)OCC)c(C(=O)OCC)cc3c3cc(C(=O)OCC)c(C(=O)OCC)cc3c2cc1C(=O)OCC. The Morgan fingerprint density at radius 3 is 0.542 bits per heavy atom. The van der Waals surface area contributed by atoms with E-state index in [9.17, 15) is 28.8 Å². The molecule has 0 amide bonds. The van der Waals surface area contributed by atoms with Gasteiger partial charge in [-0.2, -0.15) is 0 Å². The van der Waals surface area contributed by atoms with Gasteiger partial charge in [-0.3, -0.25) is 0 Å². The molecule has 4 rings (SSSR count). The third-order valence-electron chi connectivity index (χ3n) is 7.32. The fraction of sp³-hybridized carbons (Fsp3) is 0.333. The molecule has 0 atom stereocenters. The molecule has 0 aliphatic rings. The van der Waals surface area contributed by atoms with Gasteiger partial charge in [-0.05, 0) is 110 Å². The van der Waals surface area contributed by atoms with Crippen LogP contribution in [-0.2, 0) is 28.4 Å². The Bertz CT molecular complexity index is 1570. The Hall–Kier alpha value is -5.52. The zero-order valence-electron chi connectivity index (χ0n) is 27.6. The molecule has 48 heavy (non-hydrogen) atoms. The Morgan fingerprint density at radius 1 is 0.312 bits per heavy atom. The lowest BCUT2D eigenvalue weighted by atomic mass is 9.87. The molecule has 0 N–H and O–H groups in total. The second-order valence-corrected chi connectivity index (χ2v) is 10.2. The van der Waals surface area contributed by atoms with E-state index in [0.29, 0.717) is 32.3 Å². The van der Waals surface area contributed by atoms with Crippen LogP contribution in [0.3, 0.4) is 0 Å². The minimum absolute atomic E-state index is 0.0209. The van der Waals surface area contributed by atoms with Crippen molar-refractivity contribution in [2.75, 3.05) is 39.6 Å². The normalized spacial score (nSPS) is 10.9. The Morgan fingerprint density at radius 2 is 0.438 bits per heavy atom. The van der Waals surface area contributed by atoms with Crippen molar-refractivity contribution in [1.29, 1.82) is 0 Å². The molecule has 12 heteroatoms. The van der Waals surface area contributed by atoms with Gasteiger partial charge >= 0.3 is 35.8 Å². The number of hydrogen-bond donors (Lipinski definition) is 0. The highest BCUT2D eigenvalue weighted by Gasteiger charge is 2.28. The van der Waals surface area contributed by atoms with E-state index in [1.54, 1.807) is 41.5 Å². The highest BCUT2D eigenvalue weighted by atomic mass is 16.6. The highest BCUT2D eigenvalue weighted by Crippen LogP contribution is 2.40. The summed E-state index contributed by atoms with van der Waals surface area (Å²) in [6, 6.07) is 8.60. The van der Waals surface area contributed by atoms with Crippen molar-refractivity contribution in [3.63, 3.8) is 0 Å². The first-order valence-electron chi connectivity index (χ1n) is 15.6. The molecule has 0 bridgehead atoms. The number of esters is 6. The van der Waals surface area contributed by atoms with Crippen LogP contribution in [0, 0.1) is 0 Å². The molecule has 4 aromatic rings. The maximum absolute atomic E-state index is 13.2. The topological polar surface area (TPSA) is 158 Å². The lowest BCUT2D eigenvalue weighted by Crippen LogP contribution is -2.16. The van der Waals surface area contributed by atoms with Crippen molar-refractivity contribution in [3.05, 3.63) is 69.8 Å². The second kappa shape index (κ2) is 15.4. The summed E-state index contributed by atoms with van der Waals surface area (Å²) in [5.41, 5.74) is -0.642. The lowest BCUT2D eigenvalue weighted by Gasteiger charge is -2.18. The summed E-state index contributed by atoms with van der Waals surface area (Å²) in [6.07, 6.45) is 0. The minimum atomic E-state index is -0.797. The van der Waals surface area contributed by atoms with Crippen molar-refractivity contribution in [1.82, 2.24) is 0 Å². The standard InChI is InChI=1S/C36H36O12/c1-7-43-31(37)25-13-19-20(14-26(25)32(38)44-8-2)22-16-28(34(40)46-10-4)30(36(42)48-12-6)18-24(22)23-17-29(35(41)47-11-5)27(15-21(19)23)33(39)45-9-3/h13-18H,7-12H2,1-6H3. The van der Waals surface area contributed by atoms with E-state index in [4.69, 9.17) is 28.4 Å². The fourth-order valence-corrected chi connectivity index (χ4v) is 5.40. The van der Waals surface area contributed by atoms with Crippen molar-refractivity contribution in [3.8, 4) is 0 Å². The summed E-state index contributed by atoms with van der Waals surface area (Å²) in [5, 5.41) is 2.13. The third-order valence-corrected chi connectivity index (χ3v) is 7.32. The fourth-order valence-electron chi connectivity index (χ4n) is 5.40. The van der Waals surface area contributed by atoms with Gasteiger partial charge in [-0.25, -0.2) is 28.8 Å². The zero-order chi connectivity index (χ0) is 35.1. The summed E-state index contributed by atoms with van der Waals surface area (Å²) in [4.78, 5) is 79.3. The molecule has 0 radical (unpaired) electrons. The van der Waals surface area contributed by atoms with Crippen LogP contribution in [0.4, 0.5) is 0 Å². The molecule has 0 spiro atoms. The van der Waals surface area contributed by atoms with Gasteiger partial charge in [0.15, 0.2) is 0 Å². The van der Waals surface area contributed by atoms with Crippen LogP contribution in [-0.4, -0.2) is 75.5 Å². The largest absolute Gasteiger partial charge is 0.462 e. The second-order valence-electron chi connectivity index (χ2n) is 10.2.